The highest BCUT2D eigenvalue weighted by molar-refractivity contribution is 7.99. The maximum Gasteiger partial charge on any atom is 0.234 e. The average molecular weight is 341 g/mol. The Morgan fingerprint density at radius 2 is 2.41 bits per heavy atom. The van der Waals surface area contributed by atoms with Crippen molar-refractivity contribution in [3.05, 3.63) is 22.4 Å². The lowest BCUT2D eigenvalue weighted by Gasteiger charge is -2.29. The SMILES string of the molecule is O=C(CN(C[C@@H]1CCCO1)[C@H]1CCSC1)NCc1cccs1. The number of ether oxygens (including phenoxy) is 1. The molecule has 1 amide bonds. The van der Waals surface area contributed by atoms with E-state index in [0.717, 1.165) is 31.7 Å². The Morgan fingerprint density at radius 1 is 1.45 bits per heavy atom. The number of carbonyl (C=O) groups is 1. The number of thiophene rings is 1. The van der Waals surface area contributed by atoms with Crippen molar-refractivity contribution in [2.24, 2.45) is 0 Å². The van der Waals surface area contributed by atoms with Crippen LogP contribution in [-0.4, -0.2) is 54.2 Å². The first-order valence-corrected chi connectivity index (χ1v) is 10.1. The van der Waals surface area contributed by atoms with Crippen LogP contribution in [0.2, 0.25) is 0 Å². The second-order valence-electron chi connectivity index (χ2n) is 5.94. The van der Waals surface area contributed by atoms with E-state index in [2.05, 4.69) is 16.3 Å². The third-order valence-electron chi connectivity index (χ3n) is 4.27. The van der Waals surface area contributed by atoms with E-state index in [4.69, 9.17) is 4.74 Å². The lowest BCUT2D eigenvalue weighted by atomic mass is 10.1. The summed E-state index contributed by atoms with van der Waals surface area (Å²) in [7, 11) is 0. The van der Waals surface area contributed by atoms with Crippen molar-refractivity contribution in [1.29, 1.82) is 0 Å². The van der Waals surface area contributed by atoms with Gasteiger partial charge in [-0.1, -0.05) is 6.07 Å². The lowest BCUT2D eigenvalue weighted by molar-refractivity contribution is -0.123. The summed E-state index contributed by atoms with van der Waals surface area (Å²) in [6.07, 6.45) is 3.79. The number of hydrogen-bond acceptors (Lipinski definition) is 5. The van der Waals surface area contributed by atoms with Crippen molar-refractivity contribution in [3.8, 4) is 0 Å². The Kier molecular flexibility index (Phi) is 6.18. The van der Waals surface area contributed by atoms with Crippen LogP contribution in [0.15, 0.2) is 17.5 Å². The molecular formula is C16H24N2O2S2. The van der Waals surface area contributed by atoms with Gasteiger partial charge in [-0.25, -0.2) is 0 Å². The molecular weight excluding hydrogens is 316 g/mol. The number of carbonyl (C=O) groups excluding carboxylic acids is 1. The van der Waals surface area contributed by atoms with E-state index >= 15 is 0 Å². The molecule has 2 aliphatic rings. The average Bonchev–Trinajstić information content (AvgIpc) is 3.26. The van der Waals surface area contributed by atoms with Crippen molar-refractivity contribution in [2.75, 3.05) is 31.2 Å². The zero-order valence-electron chi connectivity index (χ0n) is 12.8. The van der Waals surface area contributed by atoms with E-state index in [-0.39, 0.29) is 5.91 Å². The van der Waals surface area contributed by atoms with Gasteiger partial charge in [0.15, 0.2) is 0 Å². The highest BCUT2D eigenvalue weighted by Crippen LogP contribution is 2.24. The quantitative estimate of drug-likeness (QED) is 0.827. The number of thioether (sulfide) groups is 1. The smallest absolute Gasteiger partial charge is 0.234 e. The monoisotopic (exact) mass is 340 g/mol. The summed E-state index contributed by atoms with van der Waals surface area (Å²) < 4.78 is 5.76. The number of hydrogen-bond donors (Lipinski definition) is 1. The summed E-state index contributed by atoms with van der Waals surface area (Å²) in [5.41, 5.74) is 0. The largest absolute Gasteiger partial charge is 0.377 e. The molecule has 0 unspecified atom stereocenters. The minimum absolute atomic E-state index is 0.128. The molecule has 6 heteroatoms. The third-order valence-corrected chi connectivity index (χ3v) is 6.29. The van der Waals surface area contributed by atoms with Crippen molar-refractivity contribution in [1.82, 2.24) is 10.2 Å². The van der Waals surface area contributed by atoms with Crippen LogP contribution in [0.3, 0.4) is 0 Å². The van der Waals surface area contributed by atoms with E-state index in [1.54, 1.807) is 11.3 Å². The Hall–Kier alpha value is -0.560. The van der Waals surface area contributed by atoms with Crippen molar-refractivity contribution >= 4 is 29.0 Å². The Morgan fingerprint density at radius 3 is 3.09 bits per heavy atom. The molecule has 0 aliphatic carbocycles. The zero-order chi connectivity index (χ0) is 15.2. The molecule has 2 atom stereocenters. The van der Waals surface area contributed by atoms with Crippen LogP contribution in [0.1, 0.15) is 24.1 Å². The second kappa shape index (κ2) is 8.34. The van der Waals surface area contributed by atoms with Crippen LogP contribution in [-0.2, 0) is 16.1 Å². The molecule has 0 radical (unpaired) electrons. The van der Waals surface area contributed by atoms with Gasteiger partial charge in [-0.2, -0.15) is 11.8 Å². The van der Waals surface area contributed by atoms with Crippen LogP contribution >= 0.6 is 23.1 Å². The molecule has 122 valence electrons. The van der Waals surface area contributed by atoms with E-state index in [1.165, 1.54) is 17.1 Å². The van der Waals surface area contributed by atoms with Crippen LogP contribution < -0.4 is 5.32 Å². The second-order valence-corrected chi connectivity index (χ2v) is 8.12. The Balaban J connectivity index is 1.50. The molecule has 1 aromatic rings. The summed E-state index contributed by atoms with van der Waals surface area (Å²) in [6.45, 7) is 2.92. The maximum atomic E-state index is 12.3. The molecule has 0 spiro atoms. The summed E-state index contributed by atoms with van der Waals surface area (Å²) in [5.74, 6) is 2.48. The fraction of sp³-hybridized carbons (Fsp3) is 0.688. The van der Waals surface area contributed by atoms with Gasteiger partial charge in [0.25, 0.3) is 0 Å². The Bertz CT molecular complexity index is 455. The van der Waals surface area contributed by atoms with Gasteiger partial charge >= 0.3 is 0 Å². The van der Waals surface area contributed by atoms with E-state index in [9.17, 15) is 4.79 Å². The Labute approximate surface area is 140 Å². The van der Waals surface area contributed by atoms with Gasteiger partial charge in [0, 0.05) is 29.8 Å². The molecule has 3 rings (SSSR count). The standard InChI is InChI=1S/C16H24N2O2S2/c19-16(17-9-15-4-2-7-22-15)11-18(13-5-8-21-12-13)10-14-3-1-6-20-14/h2,4,7,13-14H,1,3,5-6,8-12H2,(H,17,19)/t13-,14-/m0/s1. The van der Waals surface area contributed by atoms with Crippen LogP contribution in [0, 0.1) is 0 Å². The van der Waals surface area contributed by atoms with E-state index in [0.29, 0.717) is 25.2 Å². The van der Waals surface area contributed by atoms with Gasteiger partial charge in [-0.05, 0) is 36.5 Å². The molecule has 4 nitrogen and oxygen atoms in total. The molecule has 0 bridgehead atoms. The maximum absolute atomic E-state index is 12.3. The van der Waals surface area contributed by atoms with Gasteiger partial charge in [0.05, 0.1) is 19.2 Å². The van der Waals surface area contributed by atoms with Gasteiger partial charge in [0.1, 0.15) is 0 Å². The van der Waals surface area contributed by atoms with Gasteiger partial charge < -0.3 is 10.1 Å². The minimum atomic E-state index is 0.128. The van der Waals surface area contributed by atoms with Gasteiger partial charge in [0.2, 0.25) is 5.91 Å². The highest BCUT2D eigenvalue weighted by atomic mass is 32.2. The molecule has 2 aliphatic heterocycles. The predicted molar refractivity (Wildman–Crippen MR) is 92.4 cm³/mol. The number of nitrogens with zero attached hydrogens (tertiary/aromatic N) is 1. The topological polar surface area (TPSA) is 41.6 Å². The molecule has 22 heavy (non-hydrogen) atoms. The van der Waals surface area contributed by atoms with E-state index in [1.807, 2.05) is 23.2 Å². The summed E-state index contributed by atoms with van der Waals surface area (Å²) >= 11 is 3.68. The van der Waals surface area contributed by atoms with Crippen LogP contribution in [0.25, 0.3) is 0 Å². The fourth-order valence-electron chi connectivity index (χ4n) is 3.04. The normalized spacial score (nSPS) is 25.0. The van der Waals surface area contributed by atoms with Crippen molar-refractivity contribution < 1.29 is 9.53 Å². The lowest BCUT2D eigenvalue weighted by Crippen LogP contribution is -2.46. The molecule has 3 heterocycles. The molecule has 0 saturated carbocycles. The first-order chi connectivity index (χ1) is 10.8. The summed E-state index contributed by atoms with van der Waals surface area (Å²) in [5, 5.41) is 5.09. The number of amides is 1. The fourth-order valence-corrected chi connectivity index (χ4v) is 4.94. The van der Waals surface area contributed by atoms with Crippen molar-refractivity contribution in [3.63, 3.8) is 0 Å². The molecule has 1 aromatic heterocycles. The van der Waals surface area contributed by atoms with E-state index < -0.39 is 0 Å². The summed E-state index contributed by atoms with van der Waals surface area (Å²) in [4.78, 5) is 15.8. The molecule has 0 aromatic carbocycles. The summed E-state index contributed by atoms with van der Waals surface area (Å²) in [6, 6.07) is 4.61. The van der Waals surface area contributed by atoms with Gasteiger partial charge in [-0.15, -0.1) is 11.3 Å². The zero-order valence-corrected chi connectivity index (χ0v) is 14.5. The van der Waals surface area contributed by atoms with Gasteiger partial charge in [-0.3, -0.25) is 9.69 Å². The number of rotatable bonds is 7. The van der Waals surface area contributed by atoms with Crippen LogP contribution in [0.4, 0.5) is 0 Å². The first-order valence-electron chi connectivity index (χ1n) is 8.04. The number of nitrogens with one attached hydrogen (secondary N) is 1. The first kappa shape index (κ1) is 16.3. The highest BCUT2D eigenvalue weighted by Gasteiger charge is 2.28. The molecule has 2 fully saturated rings. The molecule has 2 saturated heterocycles. The van der Waals surface area contributed by atoms with Crippen LogP contribution in [0.5, 0.6) is 0 Å². The third kappa shape index (κ3) is 4.72. The molecule has 1 N–H and O–H groups in total. The predicted octanol–water partition coefficient (Wildman–Crippen LogP) is 2.35. The minimum Gasteiger partial charge on any atom is -0.377 e. The van der Waals surface area contributed by atoms with Crippen molar-refractivity contribution in [2.45, 2.75) is 38.0 Å².